The van der Waals surface area contributed by atoms with Crippen LogP contribution in [0.25, 0.3) is 0 Å². The number of carbonyl (C=O) groups is 2. The van der Waals surface area contributed by atoms with Crippen LogP contribution in [0.3, 0.4) is 0 Å². The van der Waals surface area contributed by atoms with E-state index < -0.39 is 0 Å². The molecule has 0 aromatic heterocycles. The Hall–Kier alpha value is -2.73. The minimum atomic E-state index is -0.146. The molecule has 0 fully saturated rings. The summed E-state index contributed by atoms with van der Waals surface area (Å²) in [4.78, 5) is 25.8. The van der Waals surface area contributed by atoms with E-state index in [1.165, 1.54) is 32.1 Å². The van der Waals surface area contributed by atoms with Crippen LogP contribution in [0, 0.1) is 11.8 Å². The van der Waals surface area contributed by atoms with Gasteiger partial charge in [-0.15, -0.1) is 0 Å². The van der Waals surface area contributed by atoms with Crippen molar-refractivity contribution in [2.45, 2.75) is 110 Å². The highest BCUT2D eigenvalue weighted by molar-refractivity contribution is 6.21. The van der Waals surface area contributed by atoms with Crippen LogP contribution < -0.4 is 16.0 Å². The fourth-order valence-electron chi connectivity index (χ4n) is 4.79. The Morgan fingerprint density at radius 3 is 1.98 bits per heavy atom. The lowest BCUT2D eigenvalue weighted by molar-refractivity contribution is -0.120. The van der Waals surface area contributed by atoms with Crippen LogP contribution in [0.2, 0.25) is 0 Å². The van der Waals surface area contributed by atoms with Crippen molar-refractivity contribution in [3.8, 4) is 5.75 Å². The molecule has 0 bridgehead atoms. The molecule has 2 aromatic rings. The minimum Gasteiger partial charge on any atom is -0.508 e. The number of hydrogen-bond acceptors (Lipinski definition) is 4. The van der Waals surface area contributed by atoms with E-state index in [0.717, 1.165) is 62.7 Å². The van der Waals surface area contributed by atoms with Crippen molar-refractivity contribution in [1.82, 2.24) is 0 Å². The number of unbranched alkanes of at least 4 members (excludes halogenated alkanes) is 7. The number of nitrogens with one attached hydrogen (secondary N) is 3. The number of benzene rings is 2. The van der Waals surface area contributed by atoms with Crippen molar-refractivity contribution >= 4 is 40.5 Å². The molecule has 0 aliphatic heterocycles. The molecule has 2 aromatic carbocycles. The third-order valence-electron chi connectivity index (χ3n) is 7.34. The quantitative estimate of drug-likeness (QED) is 0.0723. The lowest BCUT2D eigenvalue weighted by Gasteiger charge is -2.18. The molecule has 0 spiro atoms. The second kappa shape index (κ2) is 19.4. The number of rotatable bonds is 20. The number of carbonyl (C=O) groups excluding carboxylic acids is 2. The minimum absolute atomic E-state index is 0.0225. The molecule has 3 unspecified atom stereocenters. The first-order valence-electron chi connectivity index (χ1n) is 15.2. The maximum Gasteiger partial charge on any atom is 0.227 e. The van der Waals surface area contributed by atoms with Crippen LogP contribution in [0.4, 0.5) is 17.1 Å². The summed E-state index contributed by atoms with van der Waals surface area (Å²) in [6.07, 6.45) is 13.5. The molecule has 2 rings (SSSR count). The summed E-state index contributed by atoms with van der Waals surface area (Å²) in [7, 11) is 0. The van der Waals surface area contributed by atoms with Crippen LogP contribution >= 0.6 is 11.6 Å². The molecule has 2 amide bonds. The highest BCUT2D eigenvalue weighted by Crippen LogP contribution is 2.24. The second-order valence-corrected chi connectivity index (χ2v) is 11.4. The number of amides is 2. The van der Waals surface area contributed by atoms with Gasteiger partial charge >= 0.3 is 0 Å². The zero-order valence-corrected chi connectivity index (χ0v) is 25.4. The van der Waals surface area contributed by atoms with Gasteiger partial charge in [-0.25, -0.2) is 0 Å². The Morgan fingerprint density at radius 1 is 0.750 bits per heavy atom. The maximum atomic E-state index is 13.3. The maximum absolute atomic E-state index is 13.3. The molecule has 3 atom stereocenters. The van der Waals surface area contributed by atoms with Gasteiger partial charge in [0.15, 0.2) is 0 Å². The van der Waals surface area contributed by atoms with E-state index in [1.807, 2.05) is 38.1 Å². The number of hydrogen-bond donors (Lipinski definition) is 4. The Bertz CT molecular complexity index is 1020. The van der Waals surface area contributed by atoms with Gasteiger partial charge in [0, 0.05) is 35.0 Å². The normalized spacial score (nSPS) is 13.3. The molecule has 0 saturated carbocycles. The Morgan fingerprint density at radius 2 is 1.30 bits per heavy atom. The predicted molar refractivity (Wildman–Crippen MR) is 169 cm³/mol. The number of halogens is 1. The van der Waals surface area contributed by atoms with Gasteiger partial charge in [0.25, 0.3) is 0 Å². The van der Waals surface area contributed by atoms with Gasteiger partial charge in [-0.2, -0.15) is 0 Å². The number of aromatic hydroxyl groups is 1. The SMILES string of the molecule is CCCCCCCCC(CCCCCC(C)C(=O)Nc1cccc(O)c1)C(=O)Nc1cccc(NC(Cl)CC)c1. The summed E-state index contributed by atoms with van der Waals surface area (Å²) in [6.45, 7) is 6.18. The third-order valence-corrected chi connectivity index (χ3v) is 7.76. The van der Waals surface area contributed by atoms with Crippen molar-refractivity contribution in [3.63, 3.8) is 0 Å². The molecule has 0 radical (unpaired) electrons. The van der Waals surface area contributed by atoms with Gasteiger partial charge < -0.3 is 21.1 Å². The monoisotopic (exact) mass is 571 g/mol. The van der Waals surface area contributed by atoms with Gasteiger partial charge in [-0.1, -0.05) is 102 Å². The van der Waals surface area contributed by atoms with E-state index in [9.17, 15) is 14.7 Å². The zero-order valence-electron chi connectivity index (χ0n) is 24.7. The van der Waals surface area contributed by atoms with Gasteiger partial charge in [0.2, 0.25) is 11.8 Å². The Labute approximate surface area is 246 Å². The van der Waals surface area contributed by atoms with E-state index in [0.29, 0.717) is 5.69 Å². The summed E-state index contributed by atoms with van der Waals surface area (Å²) in [5.41, 5.74) is 2.14. The van der Waals surface area contributed by atoms with E-state index in [-0.39, 0.29) is 34.9 Å². The molecular weight excluding hydrogens is 522 g/mol. The van der Waals surface area contributed by atoms with Gasteiger partial charge in [-0.3, -0.25) is 9.59 Å². The Balaban J connectivity index is 1.83. The molecule has 0 saturated heterocycles. The summed E-state index contributed by atoms with van der Waals surface area (Å²) < 4.78 is 0. The van der Waals surface area contributed by atoms with Crippen LogP contribution in [-0.2, 0) is 9.59 Å². The molecule has 40 heavy (non-hydrogen) atoms. The molecule has 7 heteroatoms. The van der Waals surface area contributed by atoms with Crippen LogP contribution in [0.1, 0.15) is 104 Å². The van der Waals surface area contributed by atoms with Gasteiger partial charge in [0.05, 0.1) is 0 Å². The summed E-state index contributed by atoms with van der Waals surface area (Å²) in [6, 6.07) is 14.4. The smallest absolute Gasteiger partial charge is 0.227 e. The first-order chi connectivity index (χ1) is 19.3. The molecule has 222 valence electrons. The Kier molecular flexibility index (Phi) is 16.2. The fourth-order valence-corrected chi connectivity index (χ4v) is 4.92. The van der Waals surface area contributed by atoms with E-state index in [4.69, 9.17) is 11.6 Å². The predicted octanol–water partition coefficient (Wildman–Crippen LogP) is 9.31. The van der Waals surface area contributed by atoms with E-state index >= 15 is 0 Å². The molecule has 6 nitrogen and oxygen atoms in total. The number of phenolic OH excluding ortho intramolecular Hbond substituents is 1. The molecule has 0 aliphatic carbocycles. The third kappa shape index (κ3) is 13.6. The number of phenols is 1. The van der Waals surface area contributed by atoms with Crippen molar-refractivity contribution in [1.29, 1.82) is 0 Å². The van der Waals surface area contributed by atoms with Crippen molar-refractivity contribution in [2.75, 3.05) is 16.0 Å². The average molecular weight is 572 g/mol. The molecule has 0 aliphatic rings. The zero-order chi connectivity index (χ0) is 29.2. The first-order valence-corrected chi connectivity index (χ1v) is 15.7. The van der Waals surface area contributed by atoms with Crippen molar-refractivity contribution < 1.29 is 14.7 Å². The van der Waals surface area contributed by atoms with Crippen LogP contribution in [-0.4, -0.2) is 22.4 Å². The first kappa shape index (κ1) is 33.5. The van der Waals surface area contributed by atoms with Gasteiger partial charge in [-0.05, 0) is 56.0 Å². The second-order valence-electron chi connectivity index (χ2n) is 10.9. The summed E-state index contributed by atoms with van der Waals surface area (Å²) in [5, 5.41) is 18.9. The lowest BCUT2D eigenvalue weighted by Crippen LogP contribution is -2.23. The lowest BCUT2D eigenvalue weighted by atomic mass is 9.92. The standard InChI is InChI=1S/C33H50ClN3O3/c1-4-6-7-8-9-12-17-26(33(40)37-28-20-14-19-27(23-28)35-31(34)5-2)18-13-10-11-16-25(3)32(39)36-29-21-15-22-30(38)24-29/h14-15,19-26,31,35,38H,4-13,16-18H2,1-3H3,(H,36,39)(H,37,40). The highest BCUT2D eigenvalue weighted by Gasteiger charge is 2.19. The van der Waals surface area contributed by atoms with E-state index in [1.54, 1.807) is 24.3 Å². The van der Waals surface area contributed by atoms with Crippen molar-refractivity contribution in [2.24, 2.45) is 11.8 Å². The summed E-state index contributed by atoms with van der Waals surface area (Å²) in [5.74, 6) is 0.0377. The summed E-state index contributed by atoms with van der Waals surface area (Å²) >= 11 is 6.24. The largest absolute Gasteiger partial charge is 0.508 e. The molecular formula is C33H50ClN3O3. The highest BCUT2D eigenvalue weighted by atomic mass is 35.5. The van der Waals surface area contributed by atoms with Crippen LogP contribution in [0.15, 0.2) is 48.5 Å². The van der Waals surface area contributed by atoms with Crippen molar-refractivity contribution in [3.05, 3.63) is 48.5 Å². The van der Waals surface area contributed by atoms with E-state index in [2.05, 4.69) is 22.9 Å². The number of alkyl halides is 1. The topological polar surface area (TPSA) is 90.5 Å². The molecule has 0 heterocycles. The fraction of sp³-hybridized carbons (Fsp3) is 0.576. The average Bonchev–Trinajstić information content (AvgIpc) is 2.93. The van der Waals surface area contributed by atoms with Gasteiger partial charge in [0.1, 0.15) is 11.3 Å². The number of anilines is 3. The molecule has 4 N–H and O–H groups in total. The van der Waals surface area contributed by atoms with Crippen LogP contribution in [0.5, 0.6) is 5.75 Å².